The predicted octanol–water partition coefficient (Wildman–Crippen LogP) is 9.16. The van der Waals surface area contributed by atoms with Crippen LogP contribution in [0.25, 0.3) is 0 Å². The summed E-state index contributed by atoms with van der Waals surface area (Å²) in [6, 6.07) is 8.42. The second-order valence-electron chi connectivity index (χ2n) is 13.8. The third-order valence-corrected chi connectivity index (χ3v) is 9.20. The highest BCUT2D eigenvalue weighted by molar-refractivity contribution is 5.78. The normalized spacial score (nSPS) is 11.2. The van der Waals surface area contributed by atoms with Gasteiger partial charge < -0.3 is 23.7 Å². The van der Waals surface area contributed by atoms with Crippen LogP contribution in [-0.4, -0.2) is 56.7 Å². The van der Waals surface area contributed by atoms with Gasteiger partial charge in [-0.3, -0.25) is 0 Å². The van der Waals surface area contributed by atoms with E-state index in [9.17, 15) is 19.2 Å². The number of benzene rings is 2. The van der Waals surface area contributed by atoms with Gasteiger partial charge in [0, 0.05) is 20.0 Å². The summed E-state index contributed by atoms with van der Waals surface area (Å²) in [4.78, 5) is 52.4. The molecule has 0 radical (unpaired) electrons. The lowest BCUT2D eigenvalue weighted by Gasteiger charge is -2.12. The number of aliphatic imine (C=N–C) groups is 2. The van der Waals surface area contributed by atoms with Gasteiger partial charge in [0.2, 0.25) is 12.2 Å². The van der Waals surface area contributed by atoms with E-state index in [0.29, 0.717) is 23.7 Å². The Kier molecular flexibility index (Phi) is 28.7. The van der Waals surface area contributed by atoms with Gasteiger partial charge in [0.1, 0.15) is 11.5 Å². The van der Waals surface area contributed by atoms with Crippen LogP contribution in [0, 0.1) is 36.9 Å². The summed E-state index contributed by atoms with van der Waals surface area (Å²) in [6.07, 6.45) is 27.0. The van der Waals surface area contributed by atoms with E-state index < -0.39 is 24.0 Å². The average molecular weight is 789 g/mol. The van der Waals surface area contributed by atoms with E-state index in [2.05, 4.69) is 21.6 Å². The Balaban J connectivity index is 0.000000655. The van der Waals surface area contributed by atoms with Crippen molar-refractivity contribution in [2.24, 2.45) is 9.98 Å². The third-order valence-electron chi connectivity index (χ3n) is 9.20. The smallest absolute Gasteiger partial charge is 0.334 e. The molecule has 0 aliphatic heterocycles. The van der Waals surface area contributed by atoms with E-state index in [1.807, 2.05) is 13.0 Å². The Morgan fingerprint density at radius 3 is 1.37 bits per heavy atom. The highest BCUT2D eigenvalue weighted by Gasteiger charge is 2.22. The van der Waals surface area contributed by atoms with E-state index in [1.165, 1.54) is 103 Å². The zero-order valence-electron chi connectivity index (χ0n) is 34.2. The number of aryl methyl sites for hydroxylation is 2. The lowest BCUT2D eigenvalue weighted by atomic mass is 10.0. The number of unbranched alkanes of at least 4 members (excludes halogenated alkanes) is 15. The van der Waals surface area contributed by atoms with Crippen molar-refractivity contribution in [3.8, 4) is 24.0 Å². The van der Waals surface area contributed by atoms with Gasteiger partial charge in [0.25, 0.3) is 12.5 Å². The third kappa shape index (κ3) is 23.4. The Labute approximate surface area is 338 Å². The van der Waals surface area contributed by atoms with Crippen molar-refractivity contribution < 1.29 is 42.9 Å². The minimum atomic E-state index is -1.02. The number of ether oxygens (including phenoxy) is 5. The Hall–Kier alpha value is -5.32. The first kappa shape index (κ1) is 49.7. The molecular formula is C44H60N4O9. The number of methoxy groups -OCH3 is 1. The van der Waals surface area contributed by atoms with E-state index in [1.54, 1.807) is 49.8 Å². The molecule has 310 valence electrons. The molecule has 0 N–H and O–H groups in total. The predicted molar refractivity (Wildman–Crippen MR) is 215 cm³/mol. The lowest BCUT2D eigenvalue weighted by Crippen LogP contribution is -2.24. The van der Waals surface area contributed by atoms with Crippen LogP contribution in [0.5, 0.6) is 11.5 Å². The molecule has 0 amide bonds. The van der Waals surface area contributed by atoms with E-state index >= 15 is 0 Å². The quantitative estimate of drug-likeness (QED) is 0.0191. The number of carbonyl (C=O) groups is 2. The summed E-state index contributed by atoms with van der Waals surface area (Å²) in [5.74, 6) is -0.411. The van der Waals surface area contributed by atoms with Crippen LogP contribution in [0.4, 0.5) is 0 Å². The summed E-state index contributed by atoms with van der Waals surface area (Å²) < 4.78 is 24.5. The largest absolute Gasteiger partial charge is 0.464 e. The second kappa shape index (κ2) is 32.9. The Morgan fingerprint density at radius 1 is 0.614 bits per heavy atom. The van der Waals surface area contributed by atoms with Crippen molar-refractivity contribution in [1.29, 1.82) is 10.5 Å². The molecule has 2 rings (SSSR count). The number of rotatable bonds is 29. The Morgan fingerprint density at radius 2 is 1.00 bits per heavy atom. The monoisotopic (exact) mass is 788 g/mol. The molecule has 0 aromatic heterocycles. The summed E-state index contributed by atoms with van der Waals surface area (Å²) in [7, 11) is 1.37. The van der Waals surface area contributed by atoms with Crippen LogP contribution in [0.2, 0.25) is 0 Å². The van der Waals surface area contributed by atoms with E-state index in [4.69, 9.17) is 29.5 Å². The van der Waals surface area contributed by atoms with Crippen molar-refractivity contribution in [2.45, 2.75) is 148 Å². The fourth-order valence-electron chi connectivity index (χ4n) is 5.93. The number of nitrogens with zero attached hydrogens (tertiary/aromatic N) is 4. The molecule has 13 heteroatoms. The highest BCUT2D eigenvalue weighted by Crippen LogP contribution is 2.22. The number of hydrogen-bond donors (Lipinski definition) is 0. The minimum absolute atomic E-state index is 0.125. The fourth-order valence-corrected chi connectivity index (χ4v) is 5.93. The maximum Gasteiger partial charge on any atom is 0.334 e. The average Bonchev–Trinajstić information content (AvgIpc) is 3.20. The van der Waals surface area contributed by atoms with Gasteiger partial charge in [-0.15, -0.1) is 10.5 Å². The highest BCUT2D eigenvalue weighted by atomic mass is 16.7. The first-order valence-corrected chi connectivity index (χ1v) is 20.0. The molecule has 13 nitrogen and oxygen atoms in total. The minimum Gasteiger partial charge on any atom is -0.464 e. The van der Waals surface area contributed by atoms with E-state index in [-0.39, 0.29) is 19.6 Å². The molecule has 2 atom stereocenters. The van der Waals surface area contributed by atoms with Crippen LogP contribution in [0.15, 0.2) is 46.4 Å². The lowest BCUT2D eigenvalue weighted by molar-refractivity contribution is -0.155. The van der Waals surface area contributed by atoms with Crippen molar-refractivity contribution >= 4 is 24.1 Å². The number of carbonyl (C=O) groups excluding carboxylic acids is 4. The van der Waals surface area contributed by atoms with Crippen LogP contribution >= 0.6 is 0 Å². The van der Waals surface area contributed by atoms with Crippen LogP contribution in [0.1, 0.15) is 132 Å². The molecule has 0 heterocycles. The summed E-state index contributed by atoms with van der Waals surface area (Å²) in [5, 5.41) is 17.3. The first-order valence-electron chi connectivity index (χ1n) is 20.0. The van der Waals surface area contributed by atoms with Gasteiger partial charge in [-0.05, 0) is 54.7 Å². The molecule has 57 heavy (non-hydrogen) atoms. The molecular weight excluding hydrogens is 729 g/mol. The molecule has 2 aromatic carbocycles. The van der Waals surface area contributed by atoms with Gasteiger partial charge in [0.15, 0.2) is 18.9 Å². The van der Waals surface area contributed by atoms with Crippen molar-refractivity contribution in [2.75, 3.05) is 20.5 Å². The molecule has 0 fully saturated rings. The molecule has 0 aliphatic carbocycles. The van der Waals surface area contributed by atoms with Gasteiger partial charge in [0.05, 0.1) is 6.61 Å². The van der Waals surface area contributed by atoms with Crippen molar-refractivity contribution in [1.82, 2.24) is 0 Å². The zero-order chi connectivity index (χ0) is 41.9. The molecule has 2 aromatic rings. The van der Waals surface area contributed by atoms with Gasteiger partial charge in [-0.25, -0.2) is 19.2 Å². The molecule has 0 spiro atoms. The maximum absolute atomic E-state index is 12.4. The molecule has 0 bridgehead atoms. The van der Waals surface area contributed by atoms with Gasteiger partial charge in [-0.1, -0.05) is 128 Å². The van der Waals surface area contributed by atoms with Crippen molar-refractivity contribution in [3.05, 3.63) is 58.7 Å². The van der Waals surface area contributed by atoms with Gasteiger partial charge >= 0.3 is 11.9 Å². The summed E-state index contributed by atoms with van der Waals surface area (Å²) in [6.45, 7) is 5.98. The SMILES string of the molecule is CCCCCCCCCCCCCCCCCCOC(=O)C(Cc1ccc(C)c(OC#N)c1)N=C=O.COCOC(=O)C(Cc1ccc(C)c(OC#N)c1)N=C=O. The molecule has 0 saturated carbocycles. The molecule has 0 aliphatic rings. The Bertz CT molecular complexity index is 1640. The topological polar surface area (TPSA) is 187 Å². The number of hydrogen-bond acceptors (Lipinski definition) is 13. The van der Waals surface area contributed by atoms with Crippen LogP contribution < -0.4 is 9.47 Å². The first-order chi connectivity index (χ1) is 27.7. The van der Waals surface area contributed by atoms with E-state index in [0.717, 1.165) is 36.0 Å². The standard InChI is InChI=1S/C30H46N2O4.C14H14N2O5/c1-3-4-5-6-7-8-9-10-11-12-13-14-15-16-17-18-21-35-30(34)28(32-25-33)22-27-20-19-26(2)29(23-27)36-24-31;1-10-3-4-11(6-13(10)20-7-15)5-12(16-8-17)14(18)21-9-19-2/h19-20,23,28H,3-18,21-22H2,1-2H3;3-4,6,12H,5,9H2,1-2H3. The van der Waals surface area contributed by atoms with Crippen LogP contribution in [-0.2, 0) is 46.2 Å². The molecule has 2 unspecified atom stereocenters. The van der Waals surface area contributed by atoms with Crippen molar-refractivity contribution in [3.63, 3.8) is 0 Å². The number of esters is 2. The maximum atomic E-state index is 12.4. The van der Waals surface area contributed by atoms with Crippen LogP contribution in [0.3, 0.4) is 0 Å². The number of nitriles is 2. The fraction of sp³-hybridized carbons (Fsp3) is 0.591. The van der Waals surface area contributed by atoms with Gasteiger partial charge in [-0.2, -0.15) is 9.98 Å². The zero-order valence-corrected chi connectivity index (χ0v) is 34.2. The summed E-state index contributed by atoms with van der Waals surface area (Å²) in [5.41, 5.74) is 2.98. The molecule has 0 saturated heterocycles. The summed E-state index contributed by atoms with van der Waals surface area (Å²) >= 11 is 0. The number of isocyanates is 2. The second-order valence-corrected chi connectivity index (χ2v) is 13.8.